The van der Waals surface area contributed by atoms with Crippen LogP contribution in [0.2, 0.25) is 0 Å². The maximum absolute atomic E-state index is 13.7. The van der Waals surface area contributed by atoms with Gasteiger partial charge < -0.3 is 5.32 Å². The van der Waals surface area contributed by atoms with Crippen molar-refractivity contribution >= 4 is 0 Å². The number of benzene rings is 1. The molecule has 0 spiro atoms. The summed E-state index contributed by atoms with van der Waals surface area (Å²) in [5, 5.41) is 3.52. The largest absolute Gasteiger partial charge is 0.305 e. The predicted molar refractivity (Wildman–Crippen MR) is 84.9 cm³/mol. The first-order valence-electron chi connectivity index (χ1n) is 7.60. The van der Waals surface area contributed by atoms with Crippen molar-refractivity contribution in [2.45, 2.75) is 39.7 Å². The standard InChI is InChI=1S/C18H23FN2/c1-4-10-20-18(16-12-15(19)9-8-13(16)3)17-14(5-2)7-6-11-21-17/h6-9,11-12,18,20H,4-5,10H2,1-3H3. The molecule has 0 bridgehead atoms. The van der Waals surface area contributed by atoms with Crippen molar-refractivity contribution in [2.24, 2.45) is 0 Å². The van der Waals surface area contributed by atoms with Gasteiger partial charge in [-0.15, -0.1) is 0 Å². The highest BCUT2D eigenvalue weighted by Crippen LogP contribution is 2.27. The molecule has 3 heteroatoms. The van der Waals surface area contributed by atoms with Crippen LogP contribution >= 0.6 is 0 Å². The highest BCUT2D eigenvalue weighted by Gasteiger charge is 2.19. The minimum atomic E-state index is -0.201. The van der Waals surface area contributed by atoms with E-state index in [2.05, 4.69) is 30.2 Å². The number of nitrogens with zero attached hydrogens (tertiary/aromatic N) is 1. The van der Waals surface area contributed by atoms with Crippen LogP contribution in [0, 0.1) is 12.7 Å². The minimum absolute atomic E-state index is 0.0585. The van der Waals surface area contributed by atoms with E-state index in [-0.39, 0.29) is 11.9 Å². The number of pyridine rings is 1. The molecule has 0 fully saturated rings. The zero-order valence-corrected chi connectivity index (χ0v) is 13.0. The first-order valence-corrected chi connectivity index (χ1v) is 7.60. The summed E-state index contributed by atoms with van der Waals surface area (Å²) in [5.41, 5.74) is 4.26. The third kappa shape index (κ3) is 3.67. The number of aryl methyl sites for hydroxylation is 2. The van der Waals surface area contributed by atoms with Crippen molar-refractivity contribution < 1.29 is 4.39 Å². The van der Waals surface area contributed by atoms with Gasteiger partial charge in [0.1, 0.15) is 5.82 Å². The molecule has 21 heavy (non-hydrogen) atoms. The lowest BCUT2D eigenvalue weighted by Gasteiger charge is -2.22. The molecule has 2 aromatic rings. The van der Waals surface area contributed by atoms with Crippen molar-refractivity contribution in [3.63, 3.8) is 0 Å². The van der Waals surface area contributed by atoms with E-state index in [0.717, 1.165) is 36.2 Å². The summed E-state index contributed by atoms with van der Waals surface area (Å²) in [7, 11) is 0. The normalized spacial score (nSPS) is 12.4. The molecule has 2 rings (SSSR count). The number of nitrogens with one attached hydrogen (secondary N) is 1. The van der Waals surface area contributed by atoms with Gasteiger partial charge in [-0.3, -0.25) is 4.98 Å². The summed E-state index contributed by atoms with van der Waals surface area (Å²) < 4.78 is 13.7. The third-order valence-corrected chi connectivity index (χ3v) is 3.73. The monoisotopic (exact) mass is 286 g/mol. The van der Waals surface area contributed by atoms with Crippen molar-refractivity contribution in [1.29, 1.82) is 0 Å². The third-order valence-electron chi connectivity index (χ3n) is 3.73. The van der Waals surface area contributed by atoms with E-state index in [4.69, 9.17) is 0 Å². The number of halogens is 1. The Morgan fingerprint density at radius 1 is 1.24 bits per heavy atom. The second-order valence-corrected chi connectivity index (χ2v) is 5.29. The first-order chi connectivity index (χ1) is 10.2. The van der Waals surface area contributed by atoms with E-state index >= 15 is 0 Å². The van der Waals surface area contributed by atoms with Gasteiger partial charge in [-0.1, -0.05) is 26.0 Å². The summed E-state index contributed by atoms with van der Waals surface area (Å²) in [5.74, 6) is -0.201. The molecule has 1 unspecified atom stereocenters. The maximum atomic E-state index is 13.7. The molecule has 112 valence electrons. The van der Waals surface area contributed by atoms with E-state index in [1.165, 1.54) is 11.6 Å². The van der Waals surface area contributed by atoms with Crippen molar-refractivity contribution in [3.8, 4) is 0 Å². The van der Waals surface area contributed by atoms with Gasteiger partial charge in [-0.05, 0) is 61.2 Å². The minimum Gasteiger partial charge on any atom is -0.305 e. The Labute approximate surface area is 126 Å². The van der Waals surface area contributed by atoms with Gasteiger partial charge in [0.25, 0.3) is 0 Å². The maximum Gasteiger partial charge on any atom is 0.123 e. The average molecular weight is 286 g/mol. The summed E-state index contributed by atoms with van der Waals surface area (Å²) in [6.07, 6.45) is 3.75. The van der Waals surface area contributed by atoms with Gasteiger partial charge in [0.15, 0.2) is 0 Å². The summed E-state index contributed by atoms with van der Waals surface area (Å²) in [6, 6.07) is 8.96. The van der Waals surface area contributed by atoms with Crippen LogP contribution in [-0.2, 0) is 6.42 Å². The molecule has 1 heterocycles. The van der Waals surface area contributed by atoms with Crippen LogP contribution in [0.1, 0.15) is 48.7 Å². The lowest BCUT2D eigenvalue weighted by molar-refractivity contribution is 0.570. The van der Waals surface area contributed by atoms with Gasteiger partial charge in [0.05, 0.1) is 11.7 Å². The second-order valence-electron chi connectivity index (χ2n) is 5.29. The van der Waals surface area contributed by atoms with Crippen LogP contribution in [0.4, 0.5) is 4.39 Å². The Bertz CT molecular complexity index is 596. The molecule has 0 saturated carbocycles. The van der Waals surface area contributed by atoms with Crippen LogP contribution in [-0.4, -0.2) is 11.5 Å². The zero-order valence-electron chi connectivity index (χ0n) is 13.0. The van der Waals surface area contributed by atoms with Gasteiger partial charge in [0, 0.05) is 6.20 Å². The Balaban J connectivity index is 2.49. The zero-order chi connectivity index (χ0) is 15.2. The van der Waals surface area contributed by atoms with Gasteiger partial charge in [-0.2, -0.15) is 0 Å². The molecular formula is C18H23FN2. The molecule has 0 saturated heterocycles. The van der Waals surface area contributed by atoms with Crippen molar-refractivity contribution in [1.82, 2.24) is 10.3 Å². The van der Waals surface area contributed by atoms with Crippen molar-refractivity contribution in [3.05, 3.63) is 64.7 Å². The van der Waals surface area contributed by atoms with Gasteiger partial charge in [0.2, 0.25) is 0 Å². The highest BCUT2D eigenvalue weighted by atomic mass is 19.1. The van der Waals surface area contributed by atoms with Crippen LogP contribution < -0.4 is 5.32 Å². The Kier molecular flexibility index (Phi) is 5.45. The predicted octanol–water partition coefficient (Wildman–Crippen LogP) is 4.18. The SMILES string of the molecule is CCCNC(c1cc(F)ccc1C)c1ncccc1CC. The van der Waals surface area contributed by atoms with Crippen LogP contribution in [0.3, 0.4) is 0 Å². The summed E-state index contributed by atoms with van der Waals surface area (Å²) in [4.78, 5) is 4.56. The van der Waals surface area contributed by atoms with E-state index in [1.807, 2.05) is 25.3 Å². The smallest absolute Gasteiger partial charge is 0.123 e. The lowest BCUT2D eigenvalue weighted by atomic mass is 9.94. The highest BCUT2D eigenvalue weighted by molar-refractivity contribution is 5.37. The Hall–Kier alpha value is -1.74. The van der Waals surface area contributed by atoms with E-state index in [9.17, 15) is 4.39 Å². The molecule has 1 N–H and O–H groups in total. The number of aromatic nitrogens is 1. The van der Waals surface area contributed by atoms with E-state index < -0.39 is 0 Å². The van der Waals surface area contributed by atoms with Gasteiger partial charge >= 0.3 is 0 Å². The fourth-order valence-corrected chi connectivity index (χ4v) is 2.57. The summed E-state index contributed by atoms with van der Waals surface area (Å²) >= 11 is 0. The molecule has 0 amide bonds. The van der Waals surface area contributed by atoms with Crippen LogP contribution in [0.5, 0.6) is 0 Å². The van der Waals surface area contributed by atoms with Crippen LogP contribution in [0.25, 0.3) is 0 Å². The number of hydrogen-bond donors (Lipinski definition) is 1. The quantitative estimate of drug-likeness (QED) is 0.861. The van der Waals surface area contributed by atoms with Gasteiger partial charge in [-0.25, -0.2) is 4.39 Å². The molecule has 1 aromatic heterocycles. The molecule has 0 aliphatic heterocycles. The van der Waals surface area contributed by atoms with E-state index in [0.29, 0.717) is 0 Å². The molecule has 2 nitrogen and oxygen atoms in total. The van der Waals surface area contributed by atoms with Crippen molar-refractivity contribution in [2.75, 3.05) is 6.54 Å². The Morgan fingerprint density at radius 3 is 2.76 bits per heavy atom. The lowest BCUT2D eigenvalue weighted by Crippen LogP contribution is -2.26. The fourth-order valence-electron chi connectivity index (χ4n) is 2.57. The van der Waals surface area contributed by atoms with E-state index in [1.54, 1.807) is 6.07 Å². The fraction of sp³-hybridized carbons (Fsp3) is 0.389. The van der Waals surface area contributed by atoms with Crippen LogP contribution in [0.15, 0.2) is 36.5 Å². The molecule has 1 aromatic carbocycles. The number of rotatable bonds is 6. The molecular weight excluding hydrogens is 263 g/mol. The molecule has 0 aliphatic rings. The topological polar surface area (TPSA) is 24.9 Å². The first kappa shape index (κ1) is 15.6. The average Bonchev–Trinajstić information content (AvgIpc) is 2.51. The second kappa shape index (κ2) is 7.32. The summed E-state index contributed by atoms with van der Waals surface area (Å²) in [6.45, 7) is 7.14. The molecule has 0 radical (unpaired) electrons. The molecule has 1 atom stereocenters. The number of hydrogen-bond acceptors (Lipinski definition) is 2. The molecule has 0 aliphatic carbocycles. The Morgan fingerprint density at radius 2 is 2.05 bits per heavy atom.